The van der Waals surface area contributed by atoms with E-state index in [-0.39, 0.29) is 11.4 Å². The molecule has 0 spiro atoms. The first kappa shape index (κ1) is 16.0. The van der Waals surface area contributed by atoms with E-state index in [4.69, 9.17) is 11.6 Å². The number of anilines is 1. The van der Waals surface area contributed by atoms with Gasteiger partial charge in [-0.3, -0.25) is 9.78 Å². The molecular weight excluding hydrogens is 323 g/mol. The normalized spacial score (nSPS) is 11.1. The third kappa shape index (κ3) is 4.59. The van der Waals surface area contributed by atoms with Crippen LogP contribution in [-0.4, -0.2) is 28.7 Å². The van der Waals surface area contributed by atoms with Gasteiger partial charge in [0.1, 0.15) is 0 Å². The molecule has 0 aliphatic carbocycles. The highest BCUT2D eigenvalue weighted by molar-refractivity contribution is 6.33. The maximum Gasteiger partial charge on any atom is 0.422 e. The van der Waals surface area contributed by atoms with E-state index in [2.05, 4.69) is 20.0 Å². The van der Waals surface area contributed by atoms with E-state index >= 15 is 0 Å². The lowest BCUT2D eigenvalue weighted by Gasteiger charge is -2.09. The standard InChI is InChI=1S/C13H9ClF3N3O2/c14-9-3-4-18-6-10(9)20-12(21)8-1-2-11(19-5-8)22-7-13(15,16)17/h1-6H,7H2,(H,20,21). The van der Waals surface area contributed by atoms with E-state index in [0.29, 0.717) is 10.7 Å². The monoisotopic (exact) mass is 331 g/mol. The number of nitrogens with zero attached hydrogens (tertiary/aromatic N) is 2. The molecule has 0 atom stereocenters. The zero-order chi connectivity index (χ0) is 16.2. The number of rotatable bonds is 4. The van der Waals surface area contributed by atoms with Gasteiger partial charge in [0.2, 0.25) is 5.88 Å². The lowest BCUT2D eigenvalue weighted by atomic mass is 10.2. The van der Waals surface area contributed by atoms with Gasteiger partial charge in [-0.1, -0.05) is 11.6 Å². The van der Waals surface area contributed by atoms with Crippen LogP contribution in [0.25, 0.3) is 0 Å². The summed E-state index contributed by atoms with van der Waals surface area (Å²) in [7, 11) is 0. The van der Waals surface area contributed by atoms with Gasteiger partial charge in [0.15, 0.2) is 6.61 Å². The van der Waals surface area contributed by atoms with Crippen LogP contribution in [0.5, 0.6) is 5.88 Å². The van der Waals surface area contributed by atoms with Crippen LogP contribution in [0.1, 0.15) is 10.4 Å². The van der Waals surface area contributed by atoms with Crippen LogP contribution in [0.3, 0.4) is 0 Å². The van der Waals surface area contributed by atoms with Gasteiger partial charge < -0.3 is 10.1 Å². The molecule has 0 aliphatic heterocycles. The lowest BCUT2D eigenvalue weighted by molar-refractivity contribution is -0.154. The van der Waals surface area contributed by atoms with Gasteiger partial charge in [-0.15, -0.1) is 0 Å². The Hall–Kier alpha value is -2.35. The number of carbonyl (C=O) groups is 1. The van der Waals surface area contributed by atoms with Crippen molar-refractivity contribution in [1.82, 2.24) is 9.97 Å². The summed E-state index contributed by atoms with van der Waals surface area (Å²) in [5, 5.41) is 2.81. The topological polar surface area (TPSA) is 64.1 Å². The molecule has 0 unspecified atom stereocenters. The Bertz CT molecular complexity index is 662. The number of carbonyl (C=O) groups excluding carboxylic acids is 1. The fraction of sp³-hybridized carbons (Fsp3) is 0.154. The number of aromatic nitrogens is 2. The van der Waals surface area contributed by atoms with E-state index < -0.39 is 18.7 Å². The zero-order valence-corrected chi connectivity index (χ0v) is 11.6. The van der Waals surface area contributed by atoms with E-state index in [1.807, 2.05) is 0 Å². The molecule has 0 aliphatic rings. The molecule has 0 radical (unpaired) electrons. The maximum atomic E-state index is 12.0. The van der Waals surface area contributed by atoms with Crippen LogP contribution in [-0.2, 0) is 0 Å². The SMILES string of the molecule is O=C(Nc1cnccc1Cl)c1ccc(OCC(F)(F)F)nc1. The molecule has 9 heteroatoms. The third-order valence-corrected chi connectivity index (χ3v) is 2.73. The molecule has 0 saturated heterocycles. The van der Waals surface area contributed by atoms with Crippen molar-refractivity contribution >= 4 is 23.2 Å². The average molecular weight is 332 g/mol. The molecule has 0 fully saturated rings. The Labute approximate surface area is 128 Å². The van der Waals surface area contributed by atoms with Crippen molar-refractivity contribution in [2.24, 2.45) is 0 Å². The van der Waals surface area contributed by atoms with E-state index in [0.717, 1.165) is 6.20 Å². The number of hydrogen-bond acceptors (Lipinski definition) is 4. The van der Waals surface area contributed by atoms with Crippen LogP contribution >= 0.6 is 11.6 Å². The van der Waals surface area contributed by atoms with Crippen LogP contribution in [0.15, 0.2) is 36.8 Å². The van der Waals surface area contributed by atoms with Crippen molar-refractivity contribution in [3.63, 3.8) is 0 Å². The number of amides is 1. The van der Waals surface area contributed by atoms with Crippen molar-refractivity contribution in [3.05, 3.63) is 47.4 Å². The van der Waals surface area contributed by atoms with Gasteiger partial charge in [-0.25, -0.2) is 4.98 Å². The first-order valence-electron chi connectivity index (χ1n) is 5.91. The Morgan fingerprint density at radius 2 is 2.05 bits per heavy atom. The lowest BCUT2D eigenvalue weighted by Crippen LogP contribution is -2.19. The van der Waals surface area contributed by atoms with Gasteiger partial charge in [-0.2, -0.15) is 13.2 Å². The molecule has 0 bridgehead atoms. The second-order valence-corrected chi connectivity index (χ2v) is 4.51. The molecule has 1 amide bonds. The maximum absolute atomic E-state index is 12.0. The quantitative estimate of drug-likeness (QED) is 0.933. The minimum Gasteiger partial charge on any atom is -0.468 e. The molecule has 116 valence electrons. The second-order valence-electron chi connectivity index (χ2n) is 4.10. The molecule has 0 saturated carbocycles. The van der Waals surface area contributed by atoms with Gasteiger partial charge in [0, 0.05) is 18.5 Å². The van der Waals surface area contributed by atoms with Crippen LogP contribution in [0, 0.1) is 0 Å². The summed E-state index contributed by atoms with van der Waals surface area (Å²) in [5.41, 5.74) is 0.450. The molecule has 2 heterocycles. The Morgan fingerprint density at radius 1 is 1.27 bits per heavy atom. The van der Waals surface area contributed by atoms with Crippen molar-refractivity contribution in [3.8, 4) is 5.88 Å². The predicted octanol–water partition coefficient (Wildman–Crippen LogP) is 3.32. The van der Waals surface area contributed by atoms with Crippen LogP contribution in [0.4, 0.5) is 18.9 Å². The summed E-state index contributed by atoms with van der Waals surface area (Å²) in [4.78, 5) is 19.4. The molecule has 1 N–H and O–H groups in total. The van der Waals surface area contributed by atoms with Crippen molar-refractivity contribution in [1.29, 1.82) is 0 Å². The predicted molar refractivity (Wildman–Crippen MR) is 73.0 cm³/mol. The van der Waals surface area contributed by atoms with Crippen molar-refractivity contribution in [2.45, 2.75) is 6.18 Å². The average Bonchev–Trinajstić information content (AvgIpc) is 2.47. The minimum absolute atomic E-state index is 0.138. The van der Waals surface area contributed by atoms with Gasteiger partial charge in [0.25, 0.3) is 5.91 Å². The first-order chi connectivity index (χ1) is 10.3. The van der Waals surface area contributed by atoms with Crippen molar-refractivity contribution < 1.29 is 22.7 Å². The molecule has 2 aromatic heterocycles. The summed E-state index contributed by atoms with van der Waals surface area (Å²) < 4.78 is 40.4. The van der Waals surface area contributed by atoms with Crippen molar-refractivity contribution in [2.75, 3.05) is 11.9 Å². The Kier molecular flexibility index (Phi) is 4.81. The molecule has 2 rings (SSSR count). The number of pyridine rings is 2. The Morgan fingerprint density at radius 3 is 2.64 bits per heavy atom. The minimum atomic E-state index is -4.45. The molecule has 2 aromatic rings. The zero-order valence-electron chi connectivity index (χ0n) is 10.9. The van der Waals surface area contributed by atoms with E-state index in [1.165, 1.54) is 30.6 Å². The fourth-order valence-electron chi connectivity index (χ4n) is 1.42. The second kappa shape index (κ2) is 6.61. The number of ether oxygens (including phenoxy) is 1. The van der Waals surface area contributed by atoms with E-state index in [1.54, 1.807) is 0 Å². The number of nitrogens with one attached hydrogen (secondary N) is 1. The van der Waals surface area contributed by atoms with E-state index in [9.17, 15) is 18.0 Å². The molecular formula is C13H9ClF3N3O2. The fourth-order valence-corrected chi connectivity index (χ4v) is 1.57. The number of hydrogen-bond donors (Lipinski definition) is 1. The van der Waals surface area contributed by atoms with Crippen LogP contribution in [0.2, 0.25) is 5.02 Å². The highest BCUT2D eigenvalue weighted by atomic mass is 35.5. The Balaban J connectivity index is 2.01. The first-order valence-corrected chi connectivity index (χ1v) is 6.29. The highest BCUT2D eigenvalue weighted by Crippen LogP contribution is 2.20. The largest absolute Gasteiger partial charge is 0.468 e. The number of halogens is 4. The summed E-state index contributed by atoms with van der Waals surface area (Å²) in [5.74, 6) is -0.752. The summed E-state index contributed by atoms with van der Waals surface area (Å²) in [6, 6.07) is 3.97. The summed E-state index contributed by atoms with van der Waals surface area (Å²) in [6.07, 6.45) is -0.513. The smallest absolute Gasteiger partial charge is 0.422 e. The third-order valence-electron chi connectivity index (χ3n) is 2.40. The van der Waals surface area contributed by atoms with Crippen LogP contribution < -0.4 is 10.1 Å². The van der Waals surface area contributed by atoms with Gasteiger partial charge >= 0.3 is 6.18 Å². The summed E-state index contributed by atoms with van der Waals surface area (Å²) >= 11 is 5.87. The highest BCUT2D eigenvalue weighted by Gasteiger charge is 2.28. The summed E-state index contributed by atoms with van der Waals surface area (Å²) in [6.45, 7) is -1.45. The molecule has 22 heavy (non-hydrogen) atoms. The van der Waals surface area contributed by atoms with Gasteiger partial charge in [0.05, 0.1) is 22.5 Å². The van der Waals surface area contributed by atoms with Gasteiger partial charge in [-0.05, 0) is 12.1 Å². The molecule has 5 nitrogen and oxygen atoms in total. The molecule has 0 aromatic carbocycles. The number of alkyl halides is 3.